The molecule has 112 valence electrons. The summed E-state index contributed by atoms with van der Waals surface area (Å²) in [4.78, 5) is 25.9. The van der Waals surface area contributed by atoms with E-state index in [1.165, 1.54) is 0 Å². The van der Waals surface area contributed by atoms with Gasteiger partial charge in [0.1, 0.15) is 0 Å². The number of Topliss-reactive ketones (excluding diaryl/α,β-unsaturated/α-hetero) is 1. The van der Waals surface area contributed by atoms with Crippen LogP contribution >= 0.6 is 11.3 Å². The molecule has 1 amide bonds. The van der Waals surface area contributed by atoms with Crippen molar-refractivity contribution in [3.63, 3.8) is 0 Å². The summed E-state index contributed by atoms with van der Waals surface area (Å²) in [6.45, 7) is 5.95. The molecule has 1 rings (SSSR count). The van der Waals surface area contributed by atoms with Crippen LogP contribution in [0.1, 0.15) is 52.7 Å². The van der Waals surface area contributed by atoms with Gasteiger partial charge in [-0.3, -0.25) is 9.59 Å². The molecule has 0 radical (unpaired) electrons. The Labute approximate surface area is 124 Å². The van der Waals surface area contributed by atoms with Crippen molar-refractivity contribution in [3.8, 4) is 0 Å². The first kappa shape index (κ1) is 16.9. The second kappa shape index (κ2) is 8.17. The zero-order valence-electron chi connectivity index (χ0n) is 12.4. The highest BCUT2D eigenvalue weighted by Crippen LogP contribution is 2.22. The van der Waals surface area contributed by atoms with Crippen LogP contribution in [0.5, 0.6) is 0 Å². The molecule has 1 atom stereocenters. The van der Waals surface area contributed by atoms with Crippen LogP contribution in [0.25, 0.3) is 0 Å². The molecule has 4 nitrogen and oxygen atoms in total. The third-order valence-corrected chi connectivity index (χ3v) is 4.09. The molecular formula is C15H23NO3S. The van der Waals surface area contributed by atoms with Crippen molar-refractivity contribution in [2.75, 3.05) is 6.61 Å². The van der Waals surface area contributed by atoms with E-state index in [1.807, 2.05) is 26.8 Å². The number of rotatable bonds is 8. The second-order valence-electron chi connectivity index (χ2n) is 5.08. The van der Waals surface area contributed by atoms with E-state index in [4.69, 9.17) is 5.11 Å². The van der Waals surface area contributed by atoms with Gasteiger partial charge in [0.25, 0.3) is 0 Å². The highest BCUT2D eigenvalue weighted by atomic mass is 32.1. The van der Waals surface area contributed by atoms with Gasteiger partial charge in [0, 0.05) is 40.8 Å². The molecule has 0 aromatic carbocycles. The number of aliphatic hydroxyl groups is 1. The SMILES string of the molecule is Cc1cc(C(=O)CCC(=O)N[C@@H](C)CCCO)c(C)s1. The highest BCUT2D eigenvalue weighted by Gasteiger charge is 2.14. The van der Waals surface area contributed by atoms with Crippen LogP contribution in [-0.2, 0) is 4.79 Å². The van der Waals surface area contributed by atoms with Gasteiger partial charge in [-0.1, -0.05) is 0 Å². The lowest BCUT2D eigenvalue weighted by molar-refractivity contribution is -0.121. The summed E-state index contributed by atoms with van der Waals surface area (Å²) < 4.78 is 0. The van der Waals surface area contributed by atoms with Gasteiger partial charge in [0.15, 0.2) is 5.78 Å². The van der Waals surface area contributed by atoms with E-state index >= 15 is 0 Å². The fourth-order valence-electron chi connectivity index (χ4n) is 2.09. The summed E-state index contributed by atoms with van der Waals surface area (Å²) in [5.74, 6) is -0.0709. The third kappa shape index (κ3) is 5.43. The minimum atomic E-state index is -0.103. The molecular weight excluding hydrogens is 274 g/mol. The van der Waals surface area contributed by atoms with E-state index in [9.17, 15) is 9.59 Å². The average molecular weight is 297 g/mol. The largest absolute Gasteiger partial charge is 0.396 e. The number of nitrogens with one attached hydrogen (secondary N) is 1. The lowest BCUT2D eigenvalue weighted by Gasteiger charge is -2.12. The molecule has 0 aliphatic carbocycles. The maximum absolute atomic E-state index is 12.0. The van der Waals surface area contributed by atoms with Gasteiger partial charge < -0.3 is 10.4 Å². The lowest BCUT2D eigenvalue weighted by atomic mass is 10.1. The Bertz CT molecular complexity index is 468. The van der Waals surface area contributed by atoms with E-state index in [2.05, 4.69) is 5.32 Å². The van der Waals surface area contributed by atoms with Crippen molar-refractivity contribution in [1.29, 1.82) is 0 Å². The molecule has 20 heavy (non-hydrogen) atoms. The summed E-state index contributed by atoms with van der Waals surface area (Å²) >= 11 is 1.61. The number of hydrogen-bond donors (Lipinski definition) is 2. The Balaban J connectivity index is 2.37. The van der Waals surface area contributed by atoms with Gasteiger partial charge in [-0.25, -0.2) is 0 Å². The predicted molar refractivity (Wildman–Crippen MR) is 81.3 cm³/mol. The second-order valence-corrected chi connectivity index (χ2v) is 6.54. The van der Waals surface area contributed by atoms with E-state index in [0.29, 0.717) is 6.42 Å². The molecule has 1 aromatic rings. The Kier molecular flexibility index (Phi) is 6.88. The first-order valence-corrected chi connectivity index (χ1v) is 7.76. The summed E-state index contributed by atoms with van der Waals surface area (Å²) in [6, 6.07) is 1.93. The van der Waals surface area contributed by atoms with Crippen LogP contribution < -0.4 is 5.32 Å². The summed E-state index contributed by atoms with van der Waals surface area (Å²) in [6.07, 6.45) is 1.89. The van der Waals surface area contributed by atoms with Crippen LogP contribution in [0.4, 0.5) is 0 Å². The Morgan fingerprint density at radius 2 is 2.05 bits per heavy atom. The van der Waals surface area contributed by atoms with Crippen LogP contribution in [0.15, 0.2) is 6.07 Å². The van der Waals surface area contributed by atoms with Gasteiger partial charge in [0.05, 0.1) is 0 Å². The number of thiophene rings is 1. The van der Waals surface area contributed by atoms with Gasteiger partial charge in [-0.2, -0.15) is 0 Å². The van der Waals surface area contributed by atoms with Gasteiger partial charge >= 0.3 is 0 Å². The lowest BCUT2D eigenvalue weighted by Crippen LogP contribution is -2.32. The van der Waals surface area contributed by atoms with E-state index < -0.39 is 0 Å². The monoisotopic (exact) mass is 297 g/mol. The minimum absolute atomic E-state index is 0.0324. The number of aryl methyl sites for hydroxylation is 2. The van der Waals surface area contributed by atoms with Gasteiger partial charge in [-0.05, 0) is 39.7 Å². The molecule has 5 heteroatoms. The number of amides is 1. The van der Waals surface area contributed by atoms with Crippen LogP contribution in [0.3, 0.4) is 0 Å². The number of aliphatic hydroxyl groups excluding tert-OH is 1. The van der Waals surface area contributed by atoms with Crippen molar-refractivity contribution in [2.24, 2.45) is 0 Å². The molecule has 0 saturated heterocycles. The number of carbonyl (C=O) groups is 2. The fourth-order valence-corrected chi connectivity index (χ4v) is 3.03. The van der Waals surface area contributed by atoms with Crippen molar-refractivity contribution in [3.05, 3.63) is 21.4 Å². The summed E-state index contributed by atoms with van der Waals surface area (Å²) in [5.41, 5.74) is 0.744. The molecule has 0 bridgehead atoms. The molecule has 0 aliphatic rings. The number of ketones is 1. The van der Waals surface area contributed by atoms with Crippen LogP contribution in [0.2, 0.25) is 0 Å². The molecule has 2 N–H and O–H groups in total. The van der Waals surface area contributed by atoms with Gasteiger partial charge in [0.2, 0.25) is 5.91 Å². The van der Waals surface area contributed by atoms with Crippen LogP contribution in [0, 0.1) is 13.8 Å². The first-order chi connectivity index (χ1) is 9.43. The van der Waals surface area contributed by atoms with Crippen molar-refractivity contribution < 1.29 is 14.7 Å². The number of hydrogen-bond acceptors (Lipinski definition) is 4. The normalized spacial score (nSPS) is 12.2. The molecule has 0 unspecified atom stereocenters. The molecule has 1 aromatic heterocycles. The van der Waals surface area contributed by atoms with E-state index in [0.717, 1.165) is 21.7 Å². The smallest absolute Gasteiger partial charge is 0.220 e. The molecule has 0 spiro atoms. The van der Waals surface area contributed by atoms with Gasteiger partial charge in [-0.15, -0.1) is 11.3 Å². The van der Waals surface area contributed by atoms with Crippen molar-refractivity contribution in [1.82, 2.24) is 5.32 Å². The zero-order chi connectivity index (χ0) is 15.1. The highest BCUT2D eigenvalue weighted by molar-refractivity contribution is 7.12. The molecule has 0 saturated carbocycles. The quantitative estimate of drug-likeness (QED) is 0.725. The fraction of sp³-hybridized carbons (Fsp3) is 0.600. The average Bonchev–Trinajstić information content (AvgIpc) is 2.72. The number of carbonyl (C=O) groups excluding carboxylic acids is 2. The summed E-state index contributed by atoms with van der Waals surface area (Å²) in [5, 5.41) is 11.6. The maximum Gasteiger partial charge on any atom is 0.220 e. The summed E-state index contributed by atoms with van der Waals surface area (Å²) in [7, 11) is 0. The Morgan fingerprint density at radius 1 is 1.35 bits per heavy atom. The Hall–Kier alpha value is -1.20. The molecule has 0 fully saturated rings. The van der Waals surface area contributed by atoms with E-state index in [-0.39, 0.29) is 37.2 Å². The van der Waals surface area contributed by atoms with Crippen molar-refractivity contribution in [2.45, 2.75) is 52.5 Å². The standard InChI is InChI=1S/C15H23NO3S/c1-10(5-4-8-17)16-15(19)7-6-14(18)13-9-11(2)20-12(13)3/h9-10,17H,4-8H2,1-3H3,(H,16,19)/t10-/m0/s1. The molecule has 0 aliphatic heterocycles. The zero-order valence-corrected chi connectivity index (χ0v) is 13.2. The molecule has 1 heterocycles. The Morgan fingerprint density at radius 3 is 2.60 bits per heavy atom. The third-order valence-electron chi connectivity index (χ3n) is 3.12. The van der Waals surface area contributed by atoms with Crippen molar-refractivity contribution >= 4 is 23.0 Å². The van der Waals surface area contributed by atoms with Crippen LogP contribution in [-0.4, -0.2) is 29.4 Å². The van der Waals surface area contributed by atoms with E-state index in [1.54, 1.807) is 11.3 Å². The topological polar surface area (TPSA) is 66.4 Å². The minimum Gasteiger partial charge on any atom is -0.396 e. The maximum atomic E-state index is 12.0. The first-order valence-electron chi connectivity index (χ1n) is 6.94. The predicted octanol–water partition coefficient (Wildman–Crippen LogP) is 2.61.